The Bertz CT molecular complexity index is 754. The molecule has 24 heavy (non-hydrogen) atoms. The summed E-state index contributed by atoms with van der Waals surface area (Å²) >= 11 is 0. The van der Waals surface area contributed by atoms with E-state index in [1.807, 2.05) is 30.2 Å². The number of para-hydroxylation sites is 1. The van der Waals surface area contributed by atoms with Crippen LogP contribution in [0.15, 0.2) is 30.5 Å². The molecule has 1 amide bonds. The van der Waals surface area contributed by atoms with Crippen LogP contribution in [0.5, 0.6) is 0 Å². The number of aryl methyl sites for hydroxylation is 1. The molecule has 1 unspecified atom stereocenters. The van der Waals surface area contributed by atoms with Crippen molar-refractivity contribution in [1.82, 2.24) is 9.88 Å². The van der Waals surface area contributed by atoms with Crippen molar-refractivity contribution >= 4 is 16.8 Å². The average molecular weight is 326 g/mol. The topological polar surface area (TPSA) is 56.3 Å². The molecule has 0 bridgehead atoms. The van der Waals surface area contributed by atoms with Crippen molar-refractivity contribution in [3.63, 3.8) is 0 Å². The standard InChI is InChI=1S/C20H26N2O2/c1-19(24)8-9-20(19)10-12-22(13-11-20)18(23)7-6-15-14-21-17-5-3-2-4-16(15)17/h2-5,14,21,24H,6-13H2,1H3. The average Bonchev–Trinajstić information content (AvgIpc) is 3.02. The number of nitrogens with zero attached hydrogens (tertiary/aromatic N) is 1. The van der Waals surface area contributed by atoms with Gasteiger partial charge in [0, 0.05) is 42.0 Å². The minimum absolute atomic E-state index is 0.0701. The van der Waals surface area contributed by atoms with Gasteiger partial charge in [-0.1, -0.05) is 18.2 Å². The molecule has 128 valence electrons. The molecule has 1 aliphatic heterocycles. The molecule has 1 atom stereocenters. The molecule has 2 N–H and O–H groups in total. The molecule has 1 aromatic carbocycles. The number of fused-ring (bicyclic) bond motifs is 1. The van der Waals surface area contributed by atoms with Gasteiger partial charge in [0.2, 0.25) is 5.91 Å². The lowest BCUT2D eigenvalue weighted by Crippen LogP contribution is -2.60. The molecular weight excluding hydrogens is 300 g/mol. The van der Waals surface area contributed by atoms with Gasteiger partial charge < -0.3 is 15.0 Å². The van der Waals surface area contributed by atoms with E-state index in [4.69, 9.17) is 0 Å². The Hall–Kier alpha value is -1.81. The fourth-order valence-corrected chi connectivity index (χ4v) is 4.55. The molecule has 1 saturated carbocycles. The van der Waals surface area contributed by atoms with Crippen molar-refractivity contribution in [3.8, 4) is 0 Å². The summed E-state index contributed by atoms with van der Waals surface area (Å²) < 4.78 is 0. The van der Waals surface area contributed by atoms with Gasteiger partial charge >= 0.3 is 0 Å². The Labute approximate surface area is 142 Å². The van der Waals surface area contributed by atoms with Gasteiger partial charge in [-0.3, -0.25) is 4.79 Å². The van der Waals surface area contributed by atoms with Gasteiger partial charge in [-0.15, -0.1) is 0 Å². The SMILES string of the molecule is CC1(O)CCC12CCN(C(=O)CCc1c[nH]c3ccccc13)CC2. The van der Waals surface area contributed by atoms with E-state index in [-0.39, 0.29) is 11.3 Å². The van der Waals surface area contributed by atoms with Gasteiger partial charge in [0.15, 0.2) is 0 Å². The zero-order valence-electron chi connectivity index (χ0n) is 14.3. The zero-order chi connectivity index (χ0) is 16.8. The Kier molecular flexibility index (Phi) is 3.68. The lowest BCUT2D eigenvalue weighted by molar-refractivity contribution is -0.180. The number of aromatic nitrogens is 1. The smallest absolute Gasteiger partial charge is 0.222 e. The molecule has 4 nitrogen and oxygen atoms in total. The maximum atomic E-state index is 12.6. The van der Waals surface area contributed by atoms with Gasteiger partial charge in [-0.25, -0.2) is 0 Å². The normalized spacial score (nSPS) is 25.8. The summed E-state index contributed by atoms with van der Waals surface area (Å²) in [5, 5.41) is 11.7. The van der Waals surface area contributed by atoms with Crippen molar-refractivity contribution < 1.29 is 9.90 Å². The minimum atomic E-state index is -0.522. The molecule has 2 aromatic rings. The third kappa shape index (κ3) is 2.44. The third-order valence-electron chi connectivity index (χ3n) is 6.59. The van der Waals surface area contributed by atoms with Crippen LogP contribution in [0.25, 0.3) is 10.9 Å². The number of benzene rings is 1. The highest BCUT2D eigenvalue weighted by Gasteiger charge is 2.55. The van der Waals surface area contributed by atoms with Gasteiger partial charge in [-0.2, -0.15) is 0 Å². The summed E-state index contributed by atoms with van der Waals surface area (Å²) in [6.45, 7) is 3.55. The fourth-order valence-electron chi connectivity index (χ4n) is 4.55. The van der Waals surface area contributed by atoms with Crippen LogP contribution in [0.4, 0.5) is 0 Å². The number of rotatable bonds is 3. The molecule has 4 rings (SSSR count). The highest BCUT2D eigenvalue weighted by atomic mass is 16.3. The van der Waals surface area contributed by atoms with Gasteiger partial charge in [0.1, 0.15) is 0 Å². The molecule has 4 heteroatoms. The van der Waals surface area contributed by atoms with E-state index in [1.165, 1.54) is 10.9 Å². The molecular formula is C20H26N2O2. The number of hydrogen-bond acceptors (Lipinski definition) is 2. The predicted molar refractivity (Wildman–Crippen MR) is 94.7 cm³/mol. The van der Waals surface area contributed by atoms with Crippen LogP contribution in [0.2, 0.25) is 0 Å². The summed E-state index contributed by atoms with van der Waals surface area (Å²) in [5.41, 5.74) is 1.90. The van der Waals surface area contributed by atoms with Crippen molar-refractivity contribution in [2.75, 3.05) is 13.1 Å². The summed E-state index contributed by atoms with van der Waals surface area (Å²) in [6, 6.07) is 8.23. The van der Waals surface area contributed by atoms with Crippen LogP contribution in [-0.4, -0.2) is 39.6 Å². The van der Waals surface area contributed by atoms with Crippen molar-refractivity contribution in [1.29, 1.82) is 0 Å². The van der Waals surface area contributed by atoms with E-state index in [0.717, 1.165) is 50.7 Å². The Balaban J connectivity index is 1.34. The molecule has 2 heterocycles. The summed E-state index contributed by atoms with van der Waals surface area (Å²) in [6.07, 6.45) is 7.26. The van der Waals surface area contributed by atoms with E-state index in [9.17, 15) is 9.90 Å². The molecule has 1 aromatic heterocycles. The second-order valence-corrected chi connectivity index (χ2v) is 7.79. The van der Waals surface area contributed by atoms with Gasteiger partial charge in [0.25, 0.3) is 0 Å². The highest BCUT2D eigenvalue weighted by Crippen LogP contribution is 2.56. The number of aromatic amines is 1. The lowest BCUT2D eigenvalue weighted by Gasteiger charge is -2.58. The van der Waals surface area contributed by atoms with E-state index in [1.54, 1.807) is 0 Å². The Morgan fingerprint density at radius 1 is 1.21 bits per heavy atom. The molecule has 1 saturated heterocycles. The summed E-state index contributed by atoms with van der Waals surface area (Å²) in [4.78, 5) is 17.8. The first-order valence-electron chi connectivity index (χ1n) is 9.06. The summed E-state index contributed by atoms with van der Waals surface area (Å²) in [7, 11) is 0. The second-order valence-electron chi connectivity index (χ2n) is 7.79. The van der Waals surface area contributed by atoms with Crippen molar-refractivity contribution in [2.45, 2.75) is 51.0 Å². The first-order chi connectivity index (χ1) is 11.5. The summed E-state index contributed by atoms with van der Waals surface area (Å²) in [5.74, 6) is 0.245. The number of carbonyl (C=O) groups excluding carboxylic acids is 1. The number of carbonyl (C=O) groups is 1. The number of H-pyrrole nitrogens is 1. The first kappa shape index (κ1) is 15.7. The van der Waals surface area contributed by atoms with Crippen LogP contribution in [0, 0.1) is 5.41 Å². The molecule has 1 aliphatic carbocycles. The van der Waals surface area contributed by atoms with E-state index < -0.39 is 5.60 Å². The molecule has 2 fully saturated rings. The van der Waals surface area contributed by atoms with Crippen LogP contribution in [-0.2, 0) is 11.2 Å². The number of likely N-dealkylation sites (tertiary alicyclic amines) is 1. The Morgan fingerprint density at radius 2 is 1.96 bits per heavy atom. The van der Waals surface area contributed by atoms with E-state index in [2.05, 4.69) is 17.1 Å². The van der Waals surface area contributed by atoms with Crippen LogP contribution in [0.1, 0.15) is 44.6 Å². The van der Waals surface area contributed by atoms with E-state index >= 15 is 0 Å². The lowest BCUT2D eigenvalue weighted by atomic mass is 9.53. The van der Waals surface area contributed by atoms with Crippen LogP contribution >= 0.6 is 0 Å². The third-order valence-corrected chi connectivity index (χ3v) is 6.59. The monoisotopic (exact) mass is 326 g/mol. The number of aliphatic hydroxyl groups is 1. The molecule has 0 radical (unpaired) electrons. The fraction of sp³-hybridized carbons (Fsp3) is 0.550. The second kappa shape index (κ2) is 5.62. The van der Waals surface area contributed by atoms with Gasteiger partial charge in [-0.05, 0) is 50.7 Å². The van der Waals surface area contributed by atoms with Crippen molar-refractivity contribution in [3.05, 3.63) is 36.0 Å². The first-order valence-corrected chi connectivity index (χ1v) is 9.06. The van der Waals surface area contributed by atoms with Gasteiger partial charge in [0.05, 0.1) is 5.60 Å². The van der Waals surface area contributed by atoms with Crippen LogP contribution in [0.3, 0.4) is 0 Å². The quantitative estimate of drug-likeness (QED) is 0.909. The number of nitrogens with one attached hydrogen (secondary N) is 1. The maximum Gasteiger partial charge on any atom is 0.222 e. The molecule has 2 aliphatic rings. The number of piperidine rings is 1. The molecule has 1 spiro atoms. The predicted octanol–water partition coefficient (Wildman–Crippen LogP) is 3.25. The maximum absolute atomic E-state index is 12.6. The zero-order valence-corrected chi connectivity index (χ0v) is 14.3. The van der Waals surface area contributed by atoms with Crippen LogP contribution < -0.4 is 0 Å². The number of amides is 1. The Morgan fingerprint density at radius 3 is 2.62 bits per heavy atom. The van der Waals surface area contributed by atoms with E-state index in [0.29, 0.717) is 6.42 Å². The number of hydrogen-bond donors (Lipinski definition) is 2. The minimum Gasteiger partial charge on any atom is -0.390 e. The largest absolute Gasteiger partial charge is 0.390 e. The van der Waals surface area contributed by atoms with Crippen molar-refractivity contribution in [2.24, 2.45) is 5.41 Å². The highest BCUT2D eigenvalue weighted by molar-refractivity contribution is 5.84.